The van der Waals surface area contributed by atoms with Gasteiger partial charge >= 0.3 is 0 Å². The van der Waals surface area contributed by atoms with E-state index in [2.05, 4.69) is 5.32 Å². The van der Waals surface area contributed by atoms with Crippen LogP contribution in [0.4, 0.5) is 4.39 Å². The maximum Gasteiger partial charge on any atom is 0.258 e. The third kappa shape index (κ3) is 3.93. The van der Waals surface area contributed by atoms with E-state index in [-0.39, 0.29) is 24.1 Å². The van der Waals surface area contributed by atoms with E-state index in [1.54, 1.807) is 36.4 Å². The van der Waals surface area contributed by atoms with Crippen molar-refractivity contribution in [2.75, 3.05) is 6.61 Å². The van der Waals surface area contributed by atoms with Gasteiger partial charge in [0.2, 0.25) is 0 Å². The van der Waals surface area contributed by atoms with Crippen LogP contribution in [0, 0.1) is 5.82 Å². The first-order valence-corrected chi connectivity index (χ1v) is 8.85. The number of rotatable bonds is 7. The van der Waals surface area contributed by atoms with Crippen LogP contribution in [0.5, 0.6) is 5.75 Å². The molecule has 0 bridgehead atoms. The summed E-state index contributed by atoms with van der Waals surface area (Å²) in [4.78, 5) is 23.9. The molecule has 1 aliphatic carbocycles. The molecule has 2 aromatic carbocycles. The van der Waals surface area contributed by atoms with Crippen LogP contribution in [0.1, 0.15) is 48.5 Å². The van der Waals surface area contributed by atoms with E-state index in [9.17, 15) is 14.0 Å². The van der Waals surface area contributed by atoms with E-state index in [1.165, 1.54) is 12.1 Å². The van der Waals surface area contributed by atoms with Crippen molar-refractivity contribution in [2.24, 2.45) is 0 Å². The molecule has 3 rings (SSSR count). The molecule has 2 aromatic rings. The van der Waals surface area contributed by atoms with Crippen LogP contribution in [0.2, 0.25) is 0 Å². The molecule has 0 saturated heterocycles. The van der Waals surface area contributed by atoms with Gasteiger partial charge in [0, 0.05) is 12.0 Å². The van der Waals surface area contributed by atoms with Crippen molar-refractivity contribution in [3.8, 4) is 5.75 Å². The second-order valence-corrected chi connectivity index (χ2v) is 6.58. The van der Waals surface area contributed by atoms with Crippen molar-refractivity contribution in [1.82, 2.24) is 5.32 Å². The Labute approximate surface area is 152 Å². The van der Waals surface area contributed by atoms with Gasteiger partial charge in [-0.25, -0.2) is 4.39 Å². The van der Waals surface area contributed by atoms with Crippen molar-refractivity contribution in [2.45, 2.75) is 38.1 Å². The van der Waals surface area contributed by atoms with E-state index in [1.807, 2.05) is 6.92 Å². The lowest BCUT2D eigenvalue weighted by molar-refractivity contribution is -0.126. The monoisotopic (exact) mass is 355 g/mol. The maximum atomic E-state index is 13.1. The zero-order valence-corrected chi connectivity index (χ0v) is 14.8. The SMILES string of the molecule is CCC(=O)c1ccc(OCC(=O)NC2(c3ccc(F)cc3)CCC2)cc1. The van der Waals surface area contributed by atoms with Gasteiger partial charge in [0.1, 0.15) is 11.6 Å². The first kappa shape index (κ1) is 18.1. The summed E-state index contributed by atoms with van der Waals surface area (Å²) in [7, 11) is 0. The molecule has 4 nitrogen and oxygen atoms in total. The van der Waals surface area contributed by atoms with Gasteiger partial charge in [-0.1, -0.05) is 19.1 Å². The van der Waals surface area contributed by atoms with Gasteiger partial charge in [-0.15, -0.1) is 0 Å². The molecule has 0 spiro atoms. The molecule has 0 atom stereocenters. The quantitative estimate of drug-likeness (QED) is 0.764. The Balaban J connectivity index is 1.58. The molecule has 0 radical (unpaired) electrons. The zero-order chi connectivity index (χ0) is 18.6. The van der Waals surface area contributed by atoms with Crippen LogP contribution in [0.15, 0.2) is 48.5 Å². The van der Waals surface area contributed by atoms with Gasteiger partial charge < -0.3 is 10.1 Å². The van der Waals surface area contributed by atoms with Crippen molar-refractivity contribution in [1.29, 1.82) is 0 Å². The van der Waals surface area contributed by atoms with Gasteiger partial charge in [0.15, 0.2) is 12.4 Å². The first-order chi connectivity index (χ1) is 12.5. The second-order valence-electron chi connectivity index (χ2n) is 6.58. The van der Waals surface area contributed by atoms with Crippen LogP contribution in [0.25, 0.3) is 0 Å². The zero-order valence-electron chi connectivity index (χ0n) is 14.8. The van der Waals surface area contributed by atoms with Crippen LogP contribution in [-0.4, -0.2) is 18.3 Å². The number of amides is 1. The average Bonchev–Trinajstić information content (AvgIpc) is 2.63. The number of ketones is 1. The summed E-state index contributed by atoms with van der Waals surface area (Å²) in [5.41, 5.74) is 1.13. The van der Waals surface area contributed by atoms with E-state index >= 15 is 0 Å². The molecule has 5 heteroatoms. The van der Waals surface area contributed by atoms with Crippen molar-refractivity contribution in [3.05, 3.63) is 65.5 Å². The molecule has 1 aliphatic rings. The summed E-state index contributed by atoms with van der Waals surface area (Å²) < 4.78 is 18.7. The molecular formula is C21H22FNO3. The fraction of sp³-hybridized carbons (Fsp3) is 0.333. The molecule has 0 heterocycles. The predicted octanol–water partition coefficient (Wildman–Crippen LogP) is 3.99. The molecule has 0 aromatic heterocycles. The second kappa shape index (κ2) is 7.68. The van der Waals surface area contributed by atoms with Crippen LogP contribution >= 0.6 is 0 Å². The average molecular weight is 355 g/mol. The Morgan fingerprint density at radius 1 is 1.08 bits per heavy atom. The smallest absolute Gasteiger partial charge is 0.258 e. The summed E-state index contributed by atoms with van der Waals surface area (Å²) >= 11 is 0. The topological polar surface area (TPSA) is 55.4 Å². The Hall–Kier alpha value is -2.69. The molecule has 1 fully saturated rings. The number of carbonyl (C=O) groups excluding carboxylic acids is 2. The molecule has 1 saturated carbocycles. The van der Waals surface area contributed by atoms with E-state index in [4.69, 9.17) is 4.74 Å². The van der Waals surface area contributed by atoms with Gasteiger partial charge in [-0.05, 0) is 61.2 Å². The van der Waals surface area contributed by atoms with Crippen LogP contribution < -0.4 is 10.1 Å². The predicted molar refractivity (Wildman–Crippen MR) is 96.6 cm³/mol. The summed E-state index contributed by atoms with van der Waals surface area (Å²) in [5, 5.41) is 3.03. The number of nitrogens with one attached hydrogen (secondary N) is 1. The number of halogens is 1. The third-order valence-corrected chi connectivity index (χ3v) is 4.85. The minimum absolute atomic E-state index is 0.0699. The number of benzene rings is 2. The lowest BCUT2D eigenvalue weighted by Crippen LogP contribution is -2.52. The fourth-order valence-corrected chi connectivity index (χ4v) is 3.18. The number of ether oxygens (including phenoxy) is 1. The minimum atomic E-state index is -0.425. The molecule has 1 N–H and O–H groups in total. The molecule has 0 aliphatic heterocycles. The van der Waals surface area contributed by atoms with Crippen LogP contribution in [0.3, 0.4) is 0 Å². The standard InChI is InChI=1S/C21H22FNO3/c1-2-19(24)15-4-10-18(11-5-15)26-14-20(25)23-21(12-3-13-21)16-6-8-17(22)9-7-16/h4-11H,2-3,12-14H2,1H3,(H,23,25). The summed E-state index contributed by atoms with van der Waals surface area (Å²) in [6.45, 7) is 1.71. The van der Waals surface area contributed by atoms with Crippen molar-refractivity contribution in [3.63, 3.8) is 0 Å². The van der Waals surface area contributed by atoms with Gasteiger partial charge in [0.05, 0.1) is 5.54 Å². The molecular weight excluding hydrogens is 333 g/mol. The number of Topliss-reactive ketones (excluding diaryl/α,β-unsaturated/α-hetero) is 1. The fourth-order valence-electron chi connectivity index (χ4n) is 3.18. The largest absolute Gasteiger partial charge is 0.484 e. The Morgan fingerprint density at radius 2 is 1.73 bits per heavy atom. The lowest BCUT2D eigenvalue weighted by atomic mass is 9.72. The van der Waals surface area contributed by atoms with E-state index in [0.717, 1.165) is 24.8 Å². The lowest BCUT2D eigenvalue weighted by Gasteiger charge is -2.43. The Bertz CT molecular complexity index is 780. The normalized spacial score (nSPS) is 15.0. The highest BCUT2D eigenvalue weighted by Crippen LogP contribution is 2.41. The summed E-state index contributed by atoms with van der Waals surface area (Å²) in [5.74, 6) is 0.100. The summed E-state index contributed by atoms with van der Waals surface area (Å²) in [6.07, 6.45) is 3.13. The van der Waals surface area contributed by atoms with Crippen molar-refractivity contribution < 1.29 is 18.7 Å². The third-order valence-electron chi connectivity index (χ3n) is 4.85. The number of carbonyl (C=O) groups is 2. The van der Waals surface area contributed by atoms with E-state index < -0.39 is 5.54 Å². The van der Waals surface area contributed by atoms with Gasteiger partial charge in [0.25, 0.3) is 5.91 Å². The number of hydrogen-bond donors (Lipinski definition) is 1. The molecule has 26 heavy (non-hydrogen) atoms. The summed E-state index contributed by atoms with van der Waals surface area (Å²) in [6, 6.07) is 13.0. The number of hydrogen-bond acceptors (Lipinski definition) is 3. The van der Waals surface area contributed by atoms with Gasteiger partial charge in [-0.3, -0.25) is 9.59 Å². The van der Waals surface area contributed by atoms with Gasteiger partial charge in [-0.2, -0.15) is 0 Å². The minimum Gasteiger partial charge on any atom is -0.484 e. The Morgan fingerprint density at radius 3 is 2.27 bits per heavy atom. The van der Waals surface area contributed by atoms with E-state index in [0.29, 0.717) is 17.7 Å². The Kier molecular flexibility index (Phi) is 5.35. The molecule has 136 valence electrons. The van der Waals surface area contributed by atoms with Crippen LogP contribution in [-0.2, 0) is 10.3 Å². The highest BCUT2D eigenvalue weighted by atomic mass is 19.1. The van der Waals surface area contributed by atoms with Crippen molar-refractivity contribution >= 4 is 11.7 Å². The highest BCUT2D eigenvalue weighted by molar-refractivity contribution is 5.95. The highest BCUT2D eigenvalue weighted by Gasteiger charge is 2.40. The molecule has 1 amide bonds. The molecule has 0 unspecified atom stereocenters. The first-order valence-electron chi connectivity index (χ1n) is 8.85. The maximum absolute atomic E-state index is 13.1.